The van der Waals surface area contributed by atoms with E-state index in [1.807, 2.05) is 33.7 Å². The number of carbonyl (C=O) groups is 2. The molecular formula is C39H52N7O3+. The van der Waals surface area contributed by atoms with Crippen LogP contribution in [0, 0.1) is 11.8 Å². The summed E-state index contributed by atoms with van der Waals surface area (Å²) in [6.45, 7) is 9.25. The summed E-state index contributed by atoms with van der Waals surface area (Å²) in [5, 5.41) is 7.62. The van der Waals surface area contributed by atoms with E-state index in [0.717, 1.165) is 90.2 Å². The number of pyridine rings is 1. The van der Waals surface area contributed by atoms with E-state index in [0.29, 0.717) is 38.3 Å². The number of likely N-dealkylation sites (tertiary alicyclic amines) is 2. The Kier molecular flexibility index (Phi) is 10.1. The molecule has 3 aliphatic heterocycles. The number of imidazole rings is 1. The van der Waals surface area contributed by atoms with E-state index >= 15 is 0 Å². The van der Waals surface area contributed by atoms with E-state index in [2.05, 4.69) is 52.6 Å². The van der Waals surface area contributed by atoms with Crippen molar-refractivity contribution in [2.24, 2.45) is 11.8 Å². The van der Waals surface area contributed by atoms with Gasteiger partial charge in [-0.15, -0.1) is 0 Å². The highest BCUT2D eigenvalue weighted by Gasteiger charge is 2.37. The first-order valence-electron chi connectivity index (χ1n) is 18.7. The second-order valence-electron chi connectivity index (χ2n) is 14.5. The van der Waals surface area contributed by atoms with Crippen LogP contribution >= 0.6 is 0 Å². The molecule has 2 aromatic carbocycles. The molecule has 4 N–H and O–H groups in total. The van der Waals surface area contributed by atoms with Gasteiger partial charge in [-0.05, 0) is 86.2 Å². The Morgan fingerprint density at radius 3 is 2.39 bits per heavy atom. The summed E-state index contributed by atoms with van der Waals surface area (Å²) >= 11 is 0. The van der Waals surface area contributed by atoms with Crippen LogP contribution in [0.4, 0.5) is 4.79 Å². The van der Waals surface area contributed by atoms with Gasteiger partial charge in [0.25, 0.3) is 0 Å². The number of H-pyrrole nitrogens is 1. The third kappa shape index (κ3) is 7.03. The lowest BCUT2D eigenvalue weighted by Gasteiger charge is -2.36. The molecule has 4 aromatic rings. The SMILES string of the molecule is CCc1ccc(C[C@@H](NC(=O)N2CCC(n3c(=O)[nH]c4c5ccccc5ncc43)CC2)C(=O)[NH+]2CCC(C3CCNCC3)CC2)cc1CC. The topological polar surface area (TPSA) is 117 Å². The van der Waals surface area contributed by atoms with Gasteiger partial charge in [0, 0.05) is 43.8 Å². The summed E-state index contributed by atoms with van der Waals surface area (Å²) in [5.74, 6) is 1.56. The number of nitrogens with zero attached hydrogens (tertiary/aromatic N) is 3. The Hall–Kier alpha value is -4.02. The molecule has 1 atom stereocenters. The highest BCUT2D eigenvalue weighted by molar-refractivity contribution is 6.01. The van der Waals surface area contributed by atoms with Crippen molar-refractivity contribution >= 4 is 33.9 Å². The lowest BCUT2D eigenvalue weighted by atomic mass is 9.79. The zero-order chi connectivity index (χ0) is 33.9. The van der Waals surface area contributed by atoms with E-state index in [1.165, 1.54) is 24.0 Å². The molecule has 3 aliphatic rings. The smallest absolute Gasteiger partial charge is 0.325 e. The number of para-hydroxylation sites is 1. The van der Waals surface area contributed by atoms with Gasteiger partial charge in [-0.3, -0.25) is 14.5 Å². The van der Waals surface area contributed by atoms with E-state index in [9.17, 15) is 14.4 Å². The van der Waals surface area contributed by atoms with Crippen molar-refractivity contribution in [1.29, 1.82) is 0 Å². The number of carbonyl (C=O) groups excluding carboxylic acids is 2. The lowest BCUT2D eigenvalue weighted by molar-refractivity contribution is -0.828. The number of benzene rings is 2. The maximum Gasteiger partial charge on any atom is 0.334 e. The van der Waals surface area contributed by atoms with E-state index < -0.39 is 6.04 Å². The van der Waals surface area contributed by atoms with Crippen molar-refractivity contribution in [3.05, 3.63) is 75.8 Å². The molecule has 3 amide bonds. The van der Waals surface area contributed by atoms with Gasteiger partial charge in [-0.2, -0.15) is 0 Å². The summed E-state index contributed by atoms with van der Waals surface area (Å²) < 4.78 is 1.82. The normalized spacial score (nSPS) is 21.6. The van der Waals surface area contributed by atoms with Crippen LogP contribution in [-0.2, 0) is 24.1 Å². The standard InChI is InChI=1S/C39H51N7O3/c1-3-27-10-9-26(23-28(27)4-2)24-34(37(47)44-19-13-30(14-20-44)29-11-17-40-18-12-29)42-38(48)45-21-15-31(16-22-45)46-35-25-41-33-8-6-5-7-32(33)36(35)43-39(46)49/h5-10,23,25,29-31,34,40H,3-4,11-22,24H2,1-2H3,(H,42,48)(H,43,49)/p+1/t34-/m1/s1. The first-order chi connectivity index (χ1) is 23.9. The first-order valence-corrected chi connectivity index (χ1v) is 18.7. The Morgan fingerprint density at radius 1 is 0.939 bits per heavy atom. The number of piperidine rings is 3. The Morgan fingerprint density at radius 2 is 1.65 bits per heavy atom. The predicted molar refractivity (Wildman–Crippen MR) is 193 cm³/mol. The van der Waals surface area contributed by atoms with Crippen LogP contribution in [0.15, 0.2) is 53.5 Å². The zero-order valence-corrected chi connectivity index (χ0v) is 29.1. The molecule has 49 heavy (non-hydrogen) atoms. The molecule has 0 bridgehead atoms. The van der Waals surface area contributed by atoms with E-state index in [-0.39, 0.29) is 23.7 Å². The monoisotopic (exact) mass is 666 g/mol. The summed E-state index contributed by atoms with van der Waals surface area (Å²) in [6, 6.07) is 13.5. The predicted octanol–water partition coefficient (Wildman–Crippen LogP) is 3.78. The average molecular weight is 667 g/mol. The number of aromatic amines is 1. The number of aromatic nitrogens is 3. The number of aryl methyl sites for hydroxylation is 2. The molecule has 2 aromatic heterocycles. The molecule has 7 rings (SSSR count). The van der Waals surface area contributed by atoms with Gasteiger partial charge in [-0.25, -0.2) is 14.4 Å². The van der Waals surface area contributed by atoms with Gasteiger partial charge < -0.3 is 20.5 Å². The maximum absolute atomic E-state index is 14.2. The van der Waals surface area contributed by atoms with Crippen LogP contribution in [0.3, 0.4) is 0 Å². The van der Waals surface area contributed by atoms with Crippen molar-refractivity contribution < 1.29 is 14.5 Å². The van der Waals surface area contributed by atoms with Crippen molar-refractivity contribution in [2.75, 3.05) is 39.3 Å². The first kappa shape index (κ1) is 33.5. The minimum absolute atomic E-state index is 0.0408. The average Bonchev–Trinajstić information content (AvgIpc) is 3.50. The van der Waals surface area contributed by atoms with Crippen molar-refractivity contribution in [2.45, 2.75) is 83.7 Å². The zero-order valence-electron chi connectivity index (χ0n) is 29.1. The van der Waals surface area contributed by atoms with E-state index in [4.69, 9.17) is 0 Å². The number of hydrogen-bond acceptors (Lipinski definition) is 5. The molecule has 0 aliphatic carbocycles. The number of fused-ring (bicyclic) bond motifs is 3. The molecule has 3 saturated heterocycles. The molecule has 0 radical (unpaired) electrons. The van der Waals surface area contributed by atoms with Gasteiger partial charge in [-0.1, -0.05) is 50.2 Å². The number of urea groups is 1. The summed E-state index contributed by atoms with van der Waals surface area (Å²) in [4.78, 5) is 51.7. The van der Waals surface area contributed by atoms with Gasteiger partial charge in [0.15, 0.2) is 0 Å². The number of amides is 3. The van der Waals surface area contributed by atoms with E-state index in [1.54, 1.807) is 6.20 Å². The Balaban J connectivity index is 1.04. The summed E-state index contributed by atoms with van der Waals surface area (Å²) in [5.41, 5.74) is 6.04. The second-order valence-corrected chi connectivity index (χ2v) is 14.5. The van der Waals surface area contributed by atoms with Crippen molar-refractivity contribution in [3.8, 4) is 0 Å². The van der Waals surface area contributed by atoms with Crippen LogP contribution in [-0.4, -0.2) is 76.7 Å². The molecule has 10 nitrogen and oxygen atoms in total. The number of rotatable bonds is 8. The van der Waals surface area contributed by atoms with Crippen LogP contribution in [0.25, 0.3) is 21.9 Å². The Labute approximate surface area is 288 Å². The van der Waals surface area contributed by atoms with Gasteiger partial charge in [0.05, 0.1) is 35.8 Å². The summed E-state index contributed by atoms with van der Waals surface area (Å²) in [7, 11) is 0. The third-order valence-corrected chi connectivity index (χ3v) is 11.7. The summed E-state index contributed by atoms with van der Waals surface area (Å²) in [6.07, 6.45) is 10.1. The minimum Gasteiger partial charge on any atom is -0.325 e. The van der Waals surface area contributed by atoms with Crippen LogP contribution < -0.4 is 21.2 Å². The molecular weight excluding hydrogens is 614 g/mol. The number of quaternary nitrogens is 1. The molecule has 3 fully saturated rings. The molecule has 0 spiro atoms. The fourth-order valence-corrected chi connectivity index (χ4v) is 8.85. The molecule has 0 saturated carbocycles. The molecule has 0 unspecified atom stereocenters. The Bertz CT molecular complexity index is 1840. The minimum atomic E-state index is -0.594. The number of hydrogen-bond donors (Lipinski definition) is 4. The lowest BCUT2D eigenvalue weighted by Crippen LogP contribution is -3.17. The van der Waals surface area contributed by atoms with Crippen LogP contribution in [0.5, 0.6) is 0 Å². The van der Waals surface area contributed by atoms with Crippen LogP contribution in [0.1, 0.15) is 75.1 Å². The number of nitrogens with one attached hydrogen (secondary N) is 4. The molecule has 5 heterocycles. The maximum atomic E-state index is 14.2. The fourth-order valence-electron chi connectivity index (χ4n) is 8.85. The molecule has 10 heteroatoms. The van der Waals surface area contributed by atoms with Gasteiger partial charge in [0.2, 0.25) is 0 Å². The largest absolute Gasteiger partial charge is 0.334 e. The van der Waals surface area contributed by atoms with Gasteiger partial charge >= 0.3 is 17.6 Å². The van der Waals surface area contributed by atoms with Crippen molar-refractivity contribution in [1.82, 2.24) is 30.1 Å². The quantitative estimate of drug-likeness (QED) is 0.229. The van der Waals surface area contributed by atoms with Crippen molar-refractivity contribution in [3.63, 3.8) is 0 Å². The highest BCUT2D eigenvalue weighted by atomic mass is 16.2. The second kappa shape index (κ2) is 14.8. The fraction of sp³-hybridized carbons (Fsp3) is 0.538. The highest BCUT2D eigenvalue weighted by Crippen LogP contribution is 2.29. The third-order valence-electron chi connectivity index (χ3n) is 11.7. The van der Waals surface area contributed by atoms with Crippen LogP contribution in [0.2, 0.25) is 0 Å². The molecule has 260 valence electrons. The van der Waals surface area contributed by atoms with Gasteiger partial charge in [0.1, 0.15) is 6.04 Å².